The van der Waals surface area contributed by atoms with Crippen molar-refractivity contribution in [1.29, 1.82) is 0 Å². The van der Waals surface area contributed by atoms with Crippen LogP contribution in [0, 0.1) is 0 Å². The maximum atomic E-state index is 12.8. The average molecular weight is 366 g/mol. The number of amides is 3. The van der Waals surface area contributed by atoms with E-state index in [2.05, 4.69) is 10.3 Å². The van der Waals surface area contributed by atoms with Crippen LogP contribution in [0.4, 0.5) is 9.93 Å². The van der Waals surface area contributed by atoms with E-state index in [0.717, 1.165) is 28.6 Å². The summed E-state index contributed by atoms with van der Waals surface area (Å²) >= 11 is 1.47. The van der Waals surface area contributed by atoms with Crippen LogP contribution >= 0.6 is 11.3 Å². The van der Waals surface area contributed by atoms with E-state index in [-0.39, 0.29) is 12.1 Å². The molecular weight excluding hydrogens is 348 g/mol. The van der Waals surface area contributed by atoms with Gasteiger partial charge in [0.25, 0.3) is 0 Å². The van der Waals surface area contributed by atoms with Crippen molar-refractivity contribution in [2.75, 3.05) is 5.32 Å². The molecule has 4 rings (SSSR count). The van der Waals surface area contributed by atoms with Gasteiger partial charge in [0.1, 0.15) is 0 Å². The number of anilines is 1. The van der Waals surface area contributed by atoms with Crippen LogP contribution in [0.2, 0.25) is 0 Å². The minimum absolute atomic E-state index is 0.148. The Labute approximate surface area is 154 Å². The summed E-state index contributed by atoms with van der Waals surface area (Å²) in [4.78, 5) is 30.2. The average Bonchev–Trinajstić information content (AvgIpc) is 3.39. The van der Waals surface area contributed by atoms with Gasteiger partial charge in [-0.15, -0.1) is 0 Å². The first-order valence-electron chi connectivity index (χ1n) is 8.42. The molecule has 1 saturated carbocycles. The van der Waals surface area contributed by atoms with E-state index in [9.17, 15) is 9.59 Å². The van der Waals surface area contributed by atoms with Gasteiger partial charge in [0.2, 0.25) is 5.91 Å². The maximum absolute atomic E-state index is 12.8. The first-order chi connectivity index (χ1) is 12.6. The molecule has 132 valence electrons. The minimum Gasteiger partial charge on any atom is -0.366 e. The van der Waals surface area contributed by atoms with Gasteiger partial charge in [-0.3, -0.25) is 10.1 Å². The van der Waals surface area contributed by atoms with Crippen molar-refractivity contribution in [1.82, 2.24) is 9.88 Å². The van der Waals surface area contributed by atoms with Crippen molar-refractivity contribution in [2.45, 2.75) is 25.4 Å². The highest BCUT2D eigenvalue weighted by Gasteiger charge is 2.33. The minimum atomic E-state index is -0.454. The smallest absolute Gasteiger partial charge is 0.324 e. The molecule has 6 nitrogen and oxygen atoms in total. The highest BCUT2D eigenvalue weighted by atomic mass is 32.1. The van der Waals surface area contributed by atoms with Gasteiger partial charge in [-0.25, -0.2) is 9.78 Å². The molecule has 1 fully saturated rings. The van der Waals surface area contributed by atoms with E-state index in [1.54, 1.807) is 12.1 Å². The summed E-state index contributed by atoms with van der Waals surface area (Å²) < 4.78 is 1.04. The van der Waals surface area contributed by atoms with Crippen LogP contribution in [0.5, 0.6) is 0 Å². The van der Waals surface area contributed by atoms with Gasteiger partial charge in [-0.1, -0.05) is 35.6 Å². The van der Waals surface area contributed by atoms with Crippen LogP contribution in [0.3, 0.4) is 0 Å². The lowest BCUT2D eigenvalue weighted by Gasteiger charge is -2.22. The monoisotopic (exact) mass is 366 g/mol. The van der Waals surface area contributed by atoms with Gasteiger partial charge in [-0.05, 0) is 42.7 Å². The third-order valence-corrected chi connectivity index (χ3v) is 5.30. The molecule has 1 aliphatic carbocycles. The lowest BCUT2D eigenvalue weighted by molar-refractivity contribution is 0.1000. The highest BCUT2D eigenvalue weighted by Crippen LogP contribution is 2.30. The van der Waals surface area contributed by atoms with Gasteiger partial charge in [-0.2, -0.15) is 0 Å². The molecule has 26 heavy (non-hydrogen) atoms. The number of para-hydroxylation sites is 1. The third-order valence-electron chi connectivity index (χ3n) is 4.35. The number of primary amides is 1. The molecule has 2 aromatic carbocycles. The maximum Gasteiger partial charge on any atom is 0.324 e. The summed E-state index contributed by atoms with van der Waals surface area (Å²) in [6.07, 6.45) is 2.01. The molecule has 3 aromatic rings. The van der Waals surface area contributed by atoms with Crippen LogP contribution < -0.4 is 11.1 Å². The number of benzene rings is 2. The Bertz CT molecular complexity index is 930. The molecule has 1 heterocycles. The molecule has 3 amide bonds. The molecule has 0 atom stereocenters. The Morgan fingerprint density at radius 2 is 1.88 bits per heavy atom. The first kappa shape index (κ1) is 16.5. The summed E-state index contributed by atoms with van der Waals surface area (Å²) in [6, 6.07) is 15.0. The number of hydrogen-bond donors (Lipinski definition) is 2. The van der Waals surface area contributed by atoms with Crippen molar-refractivity contribution in [3.8, 4) is 0 Å². The van der Waals surface area contributed by atoms with Crippen molar-refractivity contribution >= 4 is 38.6 Å². The number of hydrogen-bond acceptors (Lipinski definition) is 4. The number of nitrogens with two attached hydrogens (primary N) is 1. The van der Waals surface area contributed by atoms with Gasteiger partial charge < -0.3 is 10.6 Å². The van der Waals surface area contributed by atoms with Crippen LogP contribution in [0.15, 0.2) is 48.5 Å². The largest absolute Gasteiger partial charge is 0.366 e. The van der Waals surface area contributed by atoms with E-state index < -0.39 is 5.91 Å². The van der Waals surface area contributed by atoms with Crippen molar-refractivity contribution in [2.24, 2.45) is 5.73 Å². The molecule has 0 saturated heterocycles. The van der Waals surface area contributed by atoms with Gasteiger partial charge in [0.05, 0.1) is 10.2 Å². The fourth-order valence-corrected chi connectivity index (χ4v) is 3.67. The van der Waals surface area contributed by atoms with Gasteiger partial charge in [0.15, 0.2) is 5.13 Å². The number of carbonyl (C=O) groups is 2. The number of fused-ring (bicyclic) bond motifs is 1. The summed E-state index contributed by atoms with van der Waals surface area (Å²) in [7, 11) is 0. The number of nitrogens with zero attached hydrogens (tertiary/aromatic N) is 2. The molecule has 0 aliphatic heterocycles. The fraction of sp³-hybridized carbons (Fsp3) is 0.211. The molecule has 0 unspecified atom stereocenters. The molecule has 1 aromatic heterocycles. The zero-order valence-corrected chi connectivity index (χ0v) is 14.8. The fourth-order valence-electron chi connectivity index (χ4n) is 2.81. The lowest BCUT2D eigenvalue weighted by Crippen LogP contribution is -2.36. The SMILES string of the molecule is NC(=O)c1ccc(CN(C(=O)Nc2nc3ccccc3s2)C2CC2)cc1. The van der Waals surface area contributed by atoms with E-state index in [1.165, 1.54) is 11.3 Å². The van der Waals surface area contributed by atoms with Gasteiger partial charge in [0, 0.05) is 18.2 Å². The Morgan fingerprint density at radius 1 is 1.15 bits per heavy atom. The van der Waals surface area contributed by atoms with Crippen molar-refractivity contribution in [3.05, 3.63) is 59.7 Å². The molecule has 7 heteroatoms. The second-order valence-corrected chi connectivity index (χ2v) is 7.37. The number of rotatable bonds is 5. The van der Waals surface area contributed by atoms with E-state index >= 15 is 0 Å². The topological polar surface area (TPSA) is 88.3 Å². The molecule has 0 bridgehead atoms. The quantitative estimate of drug-likeness (QED) is 0.723. The highest BCUT2D eigenvalue weighted by molar-refractivity contribution is 7.22. The standard InChI is InChI=1S/C19H18N4O2S/c20-17(24)13-7-5-12(6-8-13)11-23(14-9-10-14)19(25)22-18-21-15-3-1-2-4-16(15)26-18/h1-8,14H,9-11H2,(H2,20,24)(H,21,22,25). The molecule has 3 N–H and O–H groups in total. The van der Waals surface area contributed by atoms with E-state index in [4.69, 9.17) is 5.73 Å². The Morgan fingerprint density at radius 3 is 2.54 bits per heavy atom. The van der Waals surface area contributed by atoms with E-state index in [0.29, 0.717) is 17.2 Å². The van der Waals surface area contributed by atoms with Crippen molar-refractivity contribution in [3.63, 3.8) is 0 Å². The first-order valence-corrected chi connectivity index (χ1v) is 9.24. The normalized spacial score (nSPS) is 13.5. The Kier molecular flexibility index (Phi) is 4.30. The summed E-state index contributed by atoms with van der Waals surface area (Å²) in [6.45, 7) is 0.487. The van der Waals surface area contributed by atoms with Gasteiger partial charge >= 0.3 is 6.03 Å². The second-order valence-electron chi connectivity index (χ2n) is 6.34. The number of carbonyl (C=O) groups excluding carboxylic acids is 2. The lowest BCUT2D eigenvalue weighted by atomic mass is 10.1. The summed E-state index contributed by atoms with van der Waals surface area (Å²) in [5.74, 6) is -0.454. The van der Waals surface area contributed by atoms with Crippen LogP contribution in [-0.4, -0.2) is 27.9 Å². The molecule has 0 spiro atoms. The summed E-state index contributed by atoms with van der Waals surface area (Å²) in [5.41, 5.74) is 7.58. The summed E-state index contributed by atoms with van der Waals surface area (Å²) in [5, 5.41) is 3.53. The van der Waals surface area contributed by atoms with E-state index in [1.807, 2.05) is 41.3 Å². The number of nitrogens with one attached hydrogen (secondary N) is 1. The molecule has 1 aliphatic rings. The number of aromatic nitrogens is 1. The molecule has 0 radical (unpaired) electrons. The Balaban J connectivity index is 1.48. The zero-order chi connectivity index (χ0) is 18.1. The predicted molar refractivity (Wildman–Crippen MR) is 102 cm³/mol. The zero-order valence-electron chi connectivity index (χ0n) is 14.0. The van der Waals surface area contributed by atoms with Crippen LogP contribution in [-0.2, 0) is 6.54 Å². The molecular formula is C19H18N4O2S. The van der Waals surface area contributed by atoms with Crippen LogP contribution in [0.25, 0.3) is 10.2 Å². The number of thiazole rings is 1. The Hall–Kier alpha value is -2.93. The predicted octanol–water partition coefficient (Wildman–Crippen LogP) is 3.59. The third kappa shape index (κ3) is 3.52. The second kappa shape index (κ2) is 6.76. The van der Waals surface area contributed by atoms with Crippen LogP contribution in [0.1, 0.15) is 28.8 Å². The van der Waals surface area contributed by atoms with Crippen molar-refractivity contribution < 1.29 is 9.59 Å². The number of urea groups is 1.